The number of amides is 1. The van der Waals surface area contributed by atoms with Gasteiger partial charge in [-0.1, -0.05) is 11.6 Å². The van der Waals surface area contributed by atoms with Crippen LogP contribution in [0.3, 0.4) is 0 Å². The van der Waals surface area contributed by atoms with E-state index in [1.54, 1.807) is 4.68 Å². The van der Waals surface area contributed by atoms with Crippen LogP contribution in [-0.2, 0) is 0 Å². The predicted octanol–water partition coefficient (Wildman–Crippen LogP) is 2.56. The summed E-state index contributed by atoms with van der Waals surface area (Å²) in [4.78, 5) is 14.4. The fourth-order valence-electron chi connectivity index (χ4n) is 3.01. The zero-order chi connectivity index (χ0) is 16.6. The molecule has 122 valence electrons. The molecule has 5 nitrogen and oxygen atoms in total. The second kappa shape index (κ2) is 6.34. The Labute approximate surface area is 141 Å². The number of halogens is 1. The minimum absolute atomic E-state index is 0.0684. The third-order valence-electron chi connectivity index (χ3n) is 4.47. The average molecular weight is 333 g/mol. The van der Waals surface area contributed by atoms with Crippen LogP contribution in [0.5, 0.6) is 0 Å². The van der Waals surface area contributed by atoms with E-state index in [1.807, 2.05) is 43.0 Å². The summed E-state index contributed by atoms with van der Waals surface area (Å²) in [5.41, 5.74) is 8.98. The maximum Gasteiger partial charge on any atom is 0.253 e. The highest BCUT2D eigenvalue weighted by atomic mass is 35.5. The second-order valence-electron chi connectivity index (χ2n) is 6.09. The number of aromatic nitrogens is 2. The normalized spacial score (nSPS) is 17.7. The lowest BCUT2D eigenvalue weighted by Crippen LogP contribution is -2.29. The molecule has 1 saturated heterocycles. The monoisotopic (exact) mass is 332 g/mol. The van der Waals surface area contributed by atoms with Gasteiger partial charge in [0.05, 0.1) is 22.1 Å². The van der Waals surface area contributed by atoms with E-state index in [1.165, 1.54) is 0 Å². The molecule has 1 fully saturated rings. The van der Waals surface area contributed by atoms with Gasteiger partial charge in [-0.2, -0.15) is 5.10 Å². The largest absolute Gasteiger partial charge is 0.338 e. The van der Waals surface area contributed by atoms with Crippen molar-refractivity contribution in [2.45, 2.75) is 20.3 Å². The molecule has 1 aliphatic rings. The van der Waals surface area contributed by atoms with Gasteiger partial charge in [-0.25, -0.2) is 4.68 Å². The molecular formula is C17H21ClN4O. The summed E-state index contributed by atoms with van der Waals surface area (Å²) in [5, 5.41) is 5.10. The first-order chi connectivity index (χ1) is 11.0. The zero-order valence-corrected chi connectivity index (χ0v) is 14.2. The Hall–Kier alpha value is -1.85. The molecule has 1 aromatic carbocycles. The molecule has 1 aromatic heterocycles. The molecule has 0 spiro atoms. The van der Waals surface area contributed by atoms with E-state index in [-0.39, 0.29) is 5.91 Å². The van der Waals surface area contributed by atoms with E-state index in [0.717, 1.165) is 36.6 Å². The van der Waals surface area contributed by atoms with E-state index in [4.69, 9.17) is 17.3 Å². The van der Waals surface area contributed by atoms with Crippen molar-refractivity contribution in [3.8, 4) is 5.69 Å². The molecule has 0 bridgehead atoms. The van der Waals surface area contributed by atoms with Crippen molar-refractivity contribution in [1.82, 2.24) is 14.7 Å². The first kappa shape index (κ1) is 16.0. The molecule has 6 heteroatoms. The molecular weight excluding hydrogens is 312 g/mol. The van der Waals surface area contributed by atoms with Gasteiger partial charge >= 0.3 is 0 Å². The van der Waals surface area contributed by atoms with Gasteiger partial charge in [0.25, 0.3) is 5.91 Å². The summed E-state index contributed by atoms with van der Waals surface area (Å²) in [7, 11) is 0. The van der Waals surface area contributed by atoms with Crippen LogP contribution in [0.2, 0.25) is 5.02 Å². The maximum atomic E-state index is 12.5. The van der Waals surface area contributed by atoms with E-state index < -0.39 is 0 Å². The highest BCUT2D eigenvalue weighted by Gasteiger charge is 2.26. The fraction of sp³-hybridized carbons (Fsp3) is 0.412. The quantitative estimate of drug-likeness (QED) is 0.939. The lowest BCUT2D eigenvalue weighted by atomic mass is 10.1. The summed E-state index contributed by atoms with van der Waals surface area (Å²) < 4.78 is 1.80. The van der Waals surface area contributed by atoms with E-state index in [0.29, 0.717) is 23.0 Å². The molecule has 1 atom stereocenters. The van der Waals surface area contributed by atoms with E-state index >= 15 is 0 Å². The minimum Gasteiger partial charge on any atom is -0.338 e. The molecule has 23 heavy (non-hydrogen) atoms. The second-order valence-corrected chi connectivity index (χ2v) is 6.46. The smallest absolute Gasteiger partial charge is 0.253 e. The maximum absolute atomic E-state index is 12.5. The molecule has 0 unspecified atom stereocenters. The first-order valence-electron chi connectivity index (χ1n) is 7.82. The third kappa shape index (κ3) is 2.99. The van der Waals surface area contributed by atoms with Gasteiger partial charge < -0.3 is 10.6 Å². The number of nitrogens with zero attached hydrogens (tertiary/aromatic N) is 3. The molecule has 2 aromatic rings. The van der Waals surface area contributed by atoms with Gasteiger partial charge in [0.15, 0.2) is 0 Å². The van der Waals surface area contributed by atoms with Gasteiger partial charge in [0, 0.05) is 18.7 Å². The molecule has 0 aliphatic carbocycles. The Kier molecular flexibility index (Phi) is 4.41. The topological polar surface area (TPSA) is 64.2 Å². The van der Waals surface area contributed by atoms with Crippen molar-refractivity contribution in [2.75, 3.05) is 19.6 Å². The van der Waals surface area contributed by atoms with Gasteiger partial charge in [-0.15, -0.1) is 0 Å². The third-order valence-corrected chi connectivity index (χ3v) is 5.02. The Morgan fingerprint density at radius 3 is 2.57 bits per heavy atom. The summed E-state index contributed by atoms with van der Waals surface area (Å²) in [6.45, 7) is 5.99. The lowest BCUT2D eigenvalue weighted by molar-refractivity contribution is 0.0787. The lowest BCUT2D eigenvalue weighted by Gasteiger charge is -2.16. The van der Waals surface area contributed by atoms with Crippen LogP contribution < -0.4 is 5.73 Å². The Morgan fingerprint density at radius 2 is 2.04 bits per heavy atom. The minimum atomic E-state index is 0.0684. The standard InChI is InChI=1S/C17H21ClN4O/c1-11-16(18)12(2)22(20-11)15-5-3-14(4-6-15)17(23)21-8-7-13(9-19)10-21/h3-6,13H,7-10,19H2,1-2H3/t13-/m1/s1. The van der Waals surface area contributed by atoms with Crippen molar-refractivity contribution >= 4 is 17.5 Å². The highest BCUT2D eigenvalue weighted by molar-refractivity contribution is 6.31. The number of rotatable bonds is 3. The molecule has 1 aliphatic heterocycles. The van der Waals surface area contributed by atoms with E-state index in [2.05, 4.69) is 5.10 Å². The Balaban J connectivity index is 1.79. The molecule has 2 heterocycles. The average Bonchev–Trinajstić information content (AvgIpc) is 3.15. The van der Waals surface area contributed by atoms with Gasteiger partial charge in [-0.05, 0) is 57.0 Å². The SMILES string of the molecule is Cc1nn(-c2ccc(C(=O)N3CC[C@H](CN)C3)cc2)c(C)c1Cl. The van der Waals surface area contributed by atoms with Crippen LogP contribution in [0, 0.1) is 19.8 Å². The van der Waals surface area contributed by atoms with Crippen molar-refractivity contribution in [3.05, 3.63) is 46.2 Å². The van der Waals surface area contributed by atoms with Gasteiger partial charge in [0.1, 0.15) is 0 Å². The molecule has 1 amide bonds. The first-order valence-corrected chi connectivity index (χ1v) is 8.20. The number of hydrogen-bond acceptors (Lipinski definition) is 3. The van der Waals surface area contributed by atoms with Crippen LogP contribution in [0.25, 0.3) is 5.69 Å². The van der Waals surface area contributed by atoms with Crippen LogP contribution in [0.15, 0.2) is 24.3 Å². The van der Waals surface area contributed by atoms with Gasteiger partial charge in [-0.3, -0.25) is 4.79 Å². The predicted molar refractivity (Wildman–Crippen MR) is 91.1 cm³/mol. The summed E-state index contributed by atoms with van der Waals surface area (Å²) >= 11 is 6.19. The van der Waals surface area contributed by atoms with Crippen LogP contribution in [0.4, 0.5) is 0 Å². The van der Waals surface area contributed by atoms with Crippen molar-refractivity contribution < 1.29 is 4.79 Å². The van der Waals surface area contributed by atoms with Crippen LogP contribution >= 0.6 is 11.6 Å². The molecule has 0 saturated carbocycles. The Bertz CT molecular complexity index is 723. The number of carbonyl (C=O) groups is 1. The number of hydrogen-bond donors (Lipinski definition) is 1. The Morgan fingerprint density at radius 1 is 1.35 bits per heavy atom. The molecule has 3 rings (SSSR count). The highest BCUT2D eigenvalue weighted by Crippen LogP contribution is 2.23. The van der Waals surface area contributed by atoms with Crippen molar-refractivity contribution in [2.24, 2.45) is 11.7 Å². The number of aryl methyl sites for hydroxylation is 1. The van der Waals surface area contributed by atoms with Crippen LogP contribution in [0.1, 0.15) is 28.2 Å². The zero-order valence-electron chi connectivity index (χ0n) is 13.4. The van der Waals surface area contributed by atoms with Crippen molar-refractivity contribution in [1.29, 1.82) is 0 Å². The summed E-state index contributed by atoms with van der Waals surface area (Å²) in [6.07, 6.45) is 0.991. The van der Waals surface area contributed by atoms with E-state index in [9.17, 15) is 4.79 Å². The number of carbonyl (C=O) groups excluding carboxylic acids is 1. The van der Waals surface area contributed by atoms with Crippen molar-refractivity contribution in [3.63, 3.8) is 0 Å². The van der Waals surface area contributed by atoms with Crippen LogP contribution in [-0.4, -0.2) is 40.2 Å². The summed E-state index contributed by atoms with van der Waals surface area (Å²) in [6, 6.07) is 7.49. The van der Waals surface area contributed by atoms with Gasteiger partial charge in [0.2, 0.25) is 0 Å². The summed E-state index contributed by atoms with van der Waals surface area (Å²) in [5.74, 6) is 0.494. The number of nitrogens with two attached hydrogens (primary N) is 1. The molecule has 0 radical (unpaired) electrons. The fourth-order valence-corrected chi connectivity index (χ4v) is 3.13. The number of likely N-dealkylation sites (tertiary alicyclic amines) is 1. The molecule has 2 N–H and O–H groups in total. The number of benzene rings is 1.